The monoisotopic (exact) mass is 379 g/mol. The largest absolute Gasteiger partial charge is 0.493 e. The molecule has 0 saturated heterocycles. The van der Waals surface area contributed by atoms with Crippen LogP contribution in [0.25, 0.3) is 0 Å². The van der Waals surface area contributed by atoms with E-state index in [4.69, 9.17) is 9.47 Å². The zero-order valence-corrected chi connectivity index (χ0v) is 15.3. The van der Waals surface area contributed by atoms with E-state index >= 15 is 0 Å². The van der Waals surface area contributed by atoms with Crippen LogP contribution < -0.4 is 9.47 Å². The lowest BCUT2D eigenvalue weighted by atomic mass is 9.92. The number of benzene rings is 2. The average Bonchev–Trinajstić information content (AvgIpc) is 2.66. The Hall–Kier alpha value is -2.70. The summed E-state index contributed by atoms with van der Waals surface area (Å²) in [7, 11) is 3.09. The van der Waals surface area contributed by atoms with Crippen LogP contribution in [0.15, 0.2) is 36.4 Å². The first-order valence-electron chi connectivity index (χ1n) is 8.49. The van der Waals surface area contributed by atoms with Crippen molar-refractivity contribution in [1.29, 1.82) is 0 Å². The molecule has 0 aliphatic carbocycles. The Bertz CT molecular complexity index is 864. The SMILES string of the molecule is COc1cc2c(cc1OC)C(C)N(C(=O)c1cccc(C(F)(F)F)c1)CC2. The maximum Gasteiger partial charge on any atom is 0.416 e. The molecule has 0 bridgehead atoms. The van der Waals surface area contributed by atoms with E-state index < -0.39 is 17.6 Å². The Morgan fingerprint density at radius 2 is 1.78 bits per heavy atom. The third kappa shape index (κ3) is 3.59. The standard InChI is InChI=1S/C20H20F3NO3/c1-12-16-11-18(27-3)17(26-2)10-13(16)7-8-24(12)19(25)14-5-4-6-15(9-14)20(21,22)23/h4-6,9-12H,7-8H2,1-3H3. The summed E-state index contributed by atoms with van der Waals surface area (Å²) in [6, 6.07) is 7.94. The van der Waals surface area contributed by atoms with Gasteiger partial charge in [-0.2, -0.15) is 13.2 Å². The van der Waals surface area contributed by atoms with Gasteiger partial charge >= 0.3 is 6.18 Å². The molecule has 1 amide bonds. The fraction of sp³-hybridized carbons (Fsp3) is 0.350. The van der Waals surface area contributed by atoms with Gasteiger partial charge in [-0.3, -0.25) is 4.79 Å². The molecule has 0 N–H and O–H groups in total. The summed E-state index contributed by atoms with van der Waals surface area (Å²) in [5.41, 5.74) is 1.14. The molecule has 1 atom stereocenters. The number of hydrogen-bond acceptors (Lipinski definition) is 3. The quantitative estimate of drug-likeness (QED) is 0.789. The third-order valence-corrected chi connectivity index (χ3v) is 4.88. The van der Waals surface area contributed by atoms with Crippen molar-refractivity contribution in [3.05, 3.63) is 58.7 Å². The highest BCUT2D eigenvalue weighted by molar-refractivity contribution is 5.95. The van der Waals surface area contributed by atoms with Crippen molar-refractivity contribution < 1.29 is 27.4 Å². The van der Waals surface area contributed by atoms with E-state index in [-0.39, 0.29) is 11.6 Å². The van der Waals surface area contributed by atoms with E-state index in [9.17, 15) is 18.0 Å². The molecule has 0 fully saturated rings. The lowest BCUT2D eigenvalue weighted by Crippen LogP contribution is -2.39. The van der Waals surface area contributed by atoms with Crippen molar-refractivity contribution >= 4 is 5.91 Å². The summed E-state index contributed by atoms with van der Waals surface area (Å²) >= 11 is 0. The van der Waals surface area contributed by atoms with Crippen molar-refractivity contribution in [2.45, 2.75) is 25.6 Å². The summed E-state index contributed by atoms with van der Waals surface area (Å²) in [4.78, 5) is 14.5. The van der Waals surface area contributed by atoms with Gasteiger partial charge < -0.3 is 14.4 Å². The number of nitrogens with zero attached hydrogens (tertiary/aromatic N) is 1. The summed E-state index contributed by atoms with van der Waals surface area (Å²) in [6.07, 6.45) is -3.90. The normalized spacial score (nSPS) is 16.7. The van der Waals surface area contributed by atoms with Crippen LogP contribution in [0.4, 0.5) is 13.2 Å². The number of ether oxygens (including phenoxy) is 2. The van der Waals surface area contributed by atoms with Gasteiger partial charge in [0.15, 0.2) is 11.5 Å². The van der Waals surface area contributed by atoms with Crippen LogP contribution >= 0.6 is 0 Å². The zero-order chi connectivity index (χ0) is 19.8. The number of rotatable bonds is 3. The van der Waals surface area contributed by atoms with Gasteiger partial charge in [0.25, 0.3) is 5.91 Å². The Labute approximate surface area is 155 Å². The molecule has 1 aliphatic rings. The first-order chi connectivity index (χ1) is 12.8. The van der Waals surface area contributed by atoms with Crippen LogP contribution in [0.3, 0.4) is 0 Å². The minimum Gasteiger partial charge on any atom is -0.493 e. The second-order valence-corrected chi connectivity index (χ2v) is 6.41. The van der Waals surface area contributed by atoms with E-state index in [2.05, 4.69) is 0 Å². The Morgan fingerprint density at radius 3 is 2.41 bits per heavy atom. The fourth-order valence-electron chi connectivity index (χ4n) is 3.42. The van der Waals surface area contributed by atoms with E-state index in [0.717, 1.165) is 23.3 Å². The van der Waals surface area contributed by atoms with Gasteiger partial charge in [0.2, 0.25) is 0 Å². The van der Waals surface area contributed by atoms with Crippen molar-refractivity contribution in [2.24, 2.45) is 0 Å². The lowest BCUT2D eigenvalue weighted by Gasteiger charge is -2.36. The predicted octanol–water partition coefficient (Wildman–Crippen LogP) is 4.48. The summed E-state index contributed by atoms with van der Waals surface area (Å²) in [5.74, 6) is 0.742. The molecule has 2 aromatic rings. The van der Waals surface area contributed by atoms with E-state index in [0.29, 0.717) is 24.5 Å². The second kappa shape index (κ2) is 7.13. The lowest BCUT2D eigenvalue weighted by molar-refractivity contribution is -0.137. The average molecular weight is 379 g/mol. The molecule has 0 spiro atoms. The maximum atomic E-state index is 13.0. The highest BCUT2D eigenvalue weighted by Gasteiger charge is 2.33. The molecule has 0 aromatic heterocycles. The molecule has 27 heavy (non-hydrogen) atoms. The predicted molar refractivity (Wildman–Crippen MR) is 94.1 cm³/mol. The van der Waals surface area contributed by atoms with Crippen LogP contribution in [0.1, 0.15) is 40.0 Å². The van der Waals surface area contributed by atoms with Crippen molar-refractivity contribution in [2.75, 3.05) is 20.8 Å². The van der Waals surface area contributed by atoms with Crippen LogP contribution in [0, 0.1) is 0 Å². The zero-order valence-electron chi connectivity index (χ0n) is 15.3. The summed E-state index contributed by atoms with van der Waals surface area (Å²) in [5, 5.41) is 0. The highest BCUT2D eigenvalue weighted by atomic mass is 19.4. The van der Waals surface area contributed by atoms with E-state index in [1.54, 1.807) is 12.0 Å². The second-order valence-electron chi connectivity index (χ2n) is 6.41. The Morgan fingerprint density at radius 1 is 1.11 bits per heavy atom. The van der Waals surface area contributed by atoms with Gasteiger partial charge in [-0.1, -0.05) is 6.07 Å². The molecule has 0 radical (unpaired) electrons. The number of methoxy groups -OCH3 is 2. The summed E-state index contributed by atoms with van der Waals surface area (Å²) in [6.45, 7) is 2.27. The molecule has 1 heterocycles. The van der Waals surface area contributed by atoms with Gasteiger partial charge in [-0.15, -0.1) is 0 Å². The minimum atomic E-state index is -4.49. The first-order valence-corrected chi connectivity index (χ1v) is 8.49. The first kappa shape index (κ1) is 19.1. The number of carbonyl (C=O) groups excluding carboxylic acids is 1. The third-order valence-electron chi connectivity index (χ3n) is 4.88. The molecule has 0 saturated carbocycles. The van der Waals surface area contributed by atoms with Crippen molar-refractivity contribution in [3.63, 3.8) is 0 Å². The molecule has 2 aromatic carbocycles. The Kier molecular flexibility index (Phi) is 5.04. The number of hydrogen-bond donors (Lipinski definition) is 0. The van der Waals surface area contributed by atoms with Gasteiger partial charge in [0.05, 0.1) is 25.8 Å². The van der Waals surface area contributed by atoms with E-state index in [1.165, 1.54) is 19.2 Å². The number of carbonyl (C=O) groups is 1. The molecule has 144 valence electrons. The minimum absolute atomic E-state index is 0.0283. The topological polar surface area (TPSA) is 38.8 Å². The number of amides is 1. The number of halogens is 3. The van der Waals surface area contributed by atoms with Gasteiger partial charge in [-0.25, -0.2) is 0 Å². The number of alkyl halides is 3. The van der Waals surface area contributed by atoms with Crippen molar-refractivity contribution in [1.82, 2.24) is 4.90 Å². The van der Waals surface area contributed by atoms with Crippen molar-refractivity contribution in [3.8, 4) is 11.5 Å². The Balaban J connectivity index is 1.93. The van der Waals surface area contributed by atoms with Gasteiger partial charge in [0.1, 0.15) is 0 Å². The molecule has 4 nitrogen and oxygen atoms in total. The van der Waals surface area contributed by atoms with E-state index in [1.807, 2.05) is 19.1 Å². The van der Waals surface area contributed by atoms with Crippen LogP contribution in [0.5, 0.6) is 11.5 Å². The van der Waals surface area contributed by atoms with Crippen LogP contribution in [-0.4, -0.2) is 31.6 Å². The molecular weight excluding hydrogens is 359 g/mol. The maximum absolute atomic E-state index is 13.0. The van der Waals surface area contributed by atoms with Crippen LogP contribution in [-0.2, 0) is 12.6 Å². The molecule has 1 aliphatic heterocycles. The molecule has 1 unspecified atom stereocenters. The highest BCUT2D eigenvalue weighted by Crippen LogP contribution is 2.38. The van der Waals surface area contributed by atoms with Gasteiger partial charge in [0, 0.05) is 12.1 Å². The summed E-state index contributed by atoms with van der Waals surface area (Å²) < 4.78 is 49.5. The fourth-order valence-corrected chi connectivity index (χ4v) is 3.42. The van der Waals surface area contributed by atoms with Crippen LogP contribution in [0.2, 0.25) is 0 Å². The van der Waals surface area contributed by atoms with Gasteiger partial charge in [-0.05, 0) is 54.8 Å². The molecule has 7 heteroatoms. The smallest absolute Gasteiger partial charge is 0.416 e. The number of fused-ring (bicyclic) bond motifs is 1. The molecule has 3 rings (SSSR count). The molecular formula is C20H20F3NO3.